The Kier molecular flexibility index (Phi) is 7.95. The fourth-order valence-corrected chi connectivity index (χ4v) is 4.77. The predicted octanol–water partition coefficient (Wildman–Crippen LogP) is 3.89. The zero-order valence-corrected chi connectivity index (χ0v) is 18.1. The second-order valence-electron chi connectivity index (χ2n) is 6.29. The van der Waals surface area contributed by atoms with Gasteiger partial charge in [0.1, 0.15) is 11.5 Å². The van der Waals surface area contributed by atoms with Crippen LogP contribution in [0.4, 0.5) is 0 Å². The van der Waals surface area contributed by atoms with E-state index < -0.39 is 11.9 Å². The molecular formula is C24H23O6S+. The minimum absolute atomic E-state index is 0.132. The molecule has 0 fully saturated rings. The molecule has 0 unspecified atom stereocenters. The Morgan fingerprint density at radius 2 is 1.00 bits per heavy atom. The van der Waals surface area contributed by atoms with E-state index in [1.807, 2.05) is 66.7 Å². The van der Waals surface area contributed by atoms with E-state index in [9.17, 15) is 9.59 Å². The Hall–Kier alpha value is -3.45. The van der Waals surface area contributed by atoms with Gasteiger partial charge in [0.2, 0.25) is 0 Å². The van der Waals surface area contributed by atoms with E-state index >= 15 is 0 Å². The molecule has 0 atom stereocenters. The first-order chi connectivity index (χ1) is 15.1. The maximum Gasteiger partial charge on any atom is 0.343 e. The second kappa shape index (κ2) is 11.1. The average molecular weight is 440 g/mol. The highest BCUT2D eigenvalue weighted by Gasteiger charge is 2.28. The van der Waals surface area contributed by atoms with Gasteiger partial charge in [0, 0.05) is 0 Å². The number of rotatable bonds is 9. The monoisotopic (exact) mass is 439 g/mol. The van der Waals surface area contributed by atoms with Crippen molar-refractivity contribution in [3.05, 3.63) is 78.9 Å². The number of hydrogen-bond acceptors (Lipinski definition) is 6. The van der Waals surface area contributed by atoms with Gasteiger partial charge in [-0.15, -0.1) is 0 Å². The summed E-state index contributed by atoms with van der Waals surface area (Å²) in [5.41, 5.74) is 0. The quantitative estimate of drug-likeness (QED) is 0.372. The van der Waals surface area contributed by atoms with Crippen LogP contribution in [-0.4, -0.2) is 39.4 Å². The fraction of sp³-hybridized carbons (Fsp3) is 0.167. The molecule has 0 saturated heterocycles. The van der Waals surface area contributed by atoms with Crippen LogP contribution in [0.2, 0.25) is 0 Å². The molecule has 3 aromatic carbocycles. The molecule has 0 N–H and O–H groups in total. The van der Waals surface area contributed by atoms with Crippen LogP contribution < -0.4 is 9.47 Å². The largest absolute Gasteiger partial charge is 0.482 e. The van der Waals surface area contributed by atoms with Crippen LogP contribution in [0.1, 0.15) is 0 Å². The van der Waals surface area contributed by atoms with Gasteiger partial charge in [-0.25, -0.2) is 9.59 Å². The maximum atomic E-state index is 11.3. The second-order valence-corrected chi connectivity index (χ2v) is 8.32. The van der Waals surface area contributed by atoms with Crippen LogP contribution in [-0.2, 0) is 30.0 Å². The maximum absolute atomic E-state index is 11.3. The van der Waals surface area contributed by atoms with Gasteiger partial charge in [-0.2, -0.15) is 0 Å². The molecule has 0 bridgehead atoms. The van der Waals surface area contributed by atoms with Gasteiger partial charge >= 0.3 is 11.9 Å². The number of carbonyl (C=O) groups is 2. The number of esters is 2. The van der Waals surface area contributed by atoms with Crippen molar-refractivity contribution in [3.63, 3.8) is 0 Å². The Morgan fingerprint density at radius 1 is 0.613 bits per heavy atom. The normalized spacial score (nSPS) is 10.4. The lowest BCUT2D eigenvalue weighted by Gasteiger charge is -2.10. The molecule has 0 aliphatic carbocycles. The molecular weight excluding hydrogens is 416 g/mol. The van der Waals surface area contributed by atoms with Crippen LogP contribution in [0.15, 0.2) is 93.5 Å². The molecule has 0 heterocycles. The van der Waals surface area contributed by atoms with Gasteiger partial charge in [-0.3, -0.25) is 0 Å². The van der Waals surface area contributed by atoms with Crippen LogP contribution in [0.3, 0.4) is 0 Å². The van der Waals surface area contributed by atoms with E-state index in [2.05, 4.69) is 21.6 Å². The van der Waals surface area contributed by atoms with Crippen LogP contribution in [0, 0.1) is 0 Å². The van der Waals surface area contributed by atoms with Crippen LogP contribution >= 0.6 is 0 Å². The van der Waals surface area contributed by atoms with Crippen LogP contribution in [0.25, 0.3) is 0 Å². The van der Waals surface area contributed by atoms with Crippen molar-refractivity contribution in [1.29, 1.82) is 0 Å². The first-order valence-corrected chi connectivity index (χ1v) is 10.7. The van der Waals surface area contributed by atoms with Gasteiger partial charge in [0.25, 0.3) is 0 Å². The Balaban J connectivity index is 1.82. The summed E-state index contributed by atoms with van der Waals surface area (Å²) in [4.78, 5) is 25.9. The highest BCUT2D eigenvalue weighted by atomic mass is 32.2. The van der Waals surface area contributed by atoms with E-state index in [0.29, 0.717) is 11.5 Å². The van der Waals surface area contributed by atoms with Crippen molar-refractivity contribution in [2.24, 2.45) is 0 Å². The summed E-state index contributed by atoms with van der Waals surface area (Å²) in [6, 6.07) is 25.5. The van der Waals surface area contributed by atoms with Crippen molar-refractivity contribution >= 4 is 22.8 Å². The molecule has 0 radical (unpaired) electrons. The summed E-state index contributed by atoms with van der Waals surface area (Å²) < 4.78 is 20.1. The molecule has 3 rings (SSSR count). The summed E-state index contributed by atoms with van der Waals surface area (Å²) in [6.07, 6.45) is 0. The van der Waals surface area contributed by atoms with Crippen molar-refractivity contribution < 1.29 is 28.5 Å². The predicted molar refractivity (Wildman–Crippen MR) is 117 cm³/mol. The molecule has 0 aliphatic heterocycles. The molecule has 3 aromatic rings. The number of carbonyl (C=O) groups excluding carboxylic acids is 2. The third kappa shape index (κ3) is 6.26. The zero-order chi connectivity index (χ0) is 22.1. The van der Waals surface area contributed by atoms with Crippen molar-refractivity contribution in [2.75, 3.05) is 27.4 Å². The molecule has 0 aromatic heterocycles. The van der Waals surface area contributed by atoms with Crippen molar-refractivity contribution in [3.8, 4) is 11.5 Å². The number of benzene rings is 3. The molecule has 0 spiro atoms. The van der Waals surface area contributed by atoms with Crippen LogP contribution in [0.5, 0.6) is 11.5 Å². The topological polar surface area (TPSA) is 71.1 Å². The van der Waals surface area contributed by atoms with E-state index in [-0.39, 0.29) is 24.1 Å². The molecule has 160 valence electrons. The molecule has 6 nitrogen and oxygen atoms in total. The first-order valence-electron chi connectivity index (χ1n) is 9.49. The third-order valence-electron chi connectivity index (χ3n) is 4.27. The Morgan fingerprint density at radius 3 is 1.39 bits per heavy atom. The smallest absolute Gasteiger partial charge is 0.343 e. The van der Waals surface area contributed by atoms with Gasteiger partial charge in [-0.1, -0.05) is 18.2 Å². The summed E-state index contributed by atoms with van der Waals surface area (Å²) >= 11 is 0. The lowest BCUT2D eigenvalue weighted by Crippen LogP contribution is -2.13. The van der Waals surface area contributed by atoms with Gasteiger partial charge in [0.05, 0.1) is 25.1 Å². The highest BCUT2D eigenvalue weighted by Crippen LogP contribution is 2.33. The minimum atomic E-state index is -0.428. The highest BCUT2D eigenvalue weighted by molar-refractivity contribution is 7.97. The van der Waals surface area contributed by atoms with E-state index in [1.165, 1.54) is 14.2 Å². The molecule has 31 heavy (non-hydrogen) atoms. The van der Waals surface area contributed by atoms with Crippen molar-refractivity contribution in [1.82, 2.24) is 0 Å². The molecule has 0 aliphatic rings. The molecule has 0 saturated carbocycles. The number of hydrogen-bond donors (Lipinski definition) is 0. The van der Waals surface area contributed by atoms with Gasteiger partial charge in [-0.05, 0) is 60.7 Å². The lowest BCUT2D eigenvalue weighted by molar-refractivity contribution is -0.143. The number of methoxy groups -OCH3 is 2. The minimum Gasteiger partial charge on any atom is -0.482 e. The van der Waals surface area contributed by atoms with E-state index in [1.54, 1.807) is 0 Å². The van der Waals surface area contributed by atoms with Gasteiger partial charge in [0.15, 0.2) is 27.9 Å². The van der Waals surface area contributed by atoms with Gasteiger partial charge < -0.3 is 18.9 Å². The zero-order valence-electron chi connectivity index (χ0n) is 17.3. The molecule has 0 amide bonds. The Bertz CT molecular complexity index is 923. The average Bonchev–Trinajstić information content (AvgIpc) is 2.83. The summed E-state index contributed by atoms with van der Waals surface area (Å²) in [6.45, 7) is -0.263. The lowest BCUT2D eigenvalue weighted by atomic mass is 10.3. The molecule has 7 heteroatoms. The van der Waals surface area contributed by atoms with Crippen molar-refractivity contribution in [2.45, 2.75) is 14.7 Å². The Labute approximate surface area is 184 Å². The number of ether oxygens (including phenoxy) is 4. The first kappa shape index (κ1) is 22.2. The summed E-state index contributed by atoms with van der Waals surface area (Å²) in [5.74, 6) is 0.333. The van der Waals surface area contributed by atoms with E-state index in [4.69, 9.17) is 9.47 Å². The summed E-state index contributed by atoms with van der Waals surface area (Å²) in [7, 11) is 2.30. The summed E-state index contributed by atoms with van der Waals surface area (Å²) in [5, 5.41) is 0. The third-order valence-corrected chi connectivity index (χ3v) is 6.50. The fourth-order valence-electron chi connectivity index (χ4n) is 2.71. The standard InChI is InChI=1S/C24H23O6S/c1-27-23(25)16-29-18-8-12-21(13-9-18)31(20-6-4-3-5-7-20)22-14-10-19(11-15-22)30-17-24(26)28-2/h3-15H,16-17H2,1-2H3/q+1. The van der Waals surface area contributed by atoms with E-state index in [0.717, 1.165) is 14.7 Å². The SMILES string of the molecule is COC(=O)COc1ccc([S+](c2ccccc2)c2ccc(OCC(=O)OC)cc2)cc1.